The molecule has 148 valence electrons. The van der Waals surface area contributed by atoms with E-state index in [0.29, 0.717) is 37.1 Å². The first kappa shape index (κ1) is 20.6. The standard InChI is InChI=1S/C18H23F3N4O2/c1-12(2)16-10-15(27-25-16)11-24-17(22-3)23-9-8-13-4-6-14(7-5-13)26-18(19,20)21/h4-7,10,12H,8-9,11H2,1-3H3,(H2,22,23,24). The number of alkyl halides is 3. The molecule has 1 aromatic carbocycles. The number of halogens is 3. The highest BCUT2D eigenvalue weighted by atomic mass is 19.4. The van der Waals surface area contributed by atoms with Gasteiger partial charge in [-0.25, -0.2) is 0 Å². The summed E-state index contributed by atoms with van der Waals surface area (Å²) >= 11 is 0. The minimum atomic E-state index is -4.68. The largest absolute Gasteiger partial charge is 0.573 e. The number of aromatic nitrogens is 1. The molecule has 0 fully saturated rings. The van der Waals surface area contributed by atoms with Crippen LogP contribution in [0.2, 0.25) is 0 Å². The molecule has 9 heteroatoms. The first-order valence-electron chi connectivity index (χ1n) is 8.51. The van der Waals surface area contributed by atoms with Crippen molar-refractivity contribution in [2.45, 2.75) is 39.1 Å². The van der Waals surface area contributed by atoms with Gasteiger partial charge in [0.1, 0.15) is 5.75 Å². The van der Waals surface area contributed by atoms with Gasteiger partial charge in [0.15, 0.2) is 11.7 Å². The normalized spacial score (nSPS) is 12.3. The van der Waals surface area contributed by atoms with E-state index in [-0.39, 0.29) is 5.75 Å². The Balaban J connectivity index is 1.75. The first-order chi connectivity index (χ1) is 12.8. The molecule has 1 heterocycles. The number of aliphatic imine (C=N–C) groups is 1. The maximum atomic E-state index is 12.1. The number of hydrogen-bond donors (Lipinski definition) is 2. The Labute approximate surface area is 155 Å². The summed E-state index contributed by atoms with van der Waals surface area (Å²) < 4.78 is 45.5. The Morgan fingerprint density at radius 1 is 1.22 bits per heavy atom. The van der Waals surface area contributed by atoms with Crippen molar-refractivity contribution in [1.29, 1.82) is 0 Å². The predicted octanol–water partition coefficient (Wildman–Crippen LogP) is 3.60. The smallest absolute Gasteiger partial charge is 0.406 e. The van der Waals surface area contributed by atoms with Gasteiger partial charge in [0, 0.05) is 19.7 Å². The minimum Gasteiger partial charge on any atom is -0.406 e. The Morgan fingerprint density at radius 2 is 1.93 bits per heavy atom. The molecule has 0 aliphatic carbocycles. The second-order valence-corrected chi connectivity index (χ2v) is 6.17. The lowest BCUT2D eigenvalue weighted by Gasteiger charge is -2.11. The zero-order valence-corrected chi connectivity index (χ0v) is 15.4. The molecule has 2 aromatic rings. The summed E-state index contributed by atoms with van der Waals surface area (Å²) in [5.41, 5.74) is 1.77. The van der Waals surface area contributed by atoms with Crippen molar-refractivity contribution < 1.29 is 22.4 Å². The third-order valence-corrected chi connectivity index (χ3v) is 3.69. The van der Waals surface area contributed by atoms with Crippen LogP contribution in [0.1, 0.15) is 36.8 Å². The third-order valence-electron chi connectivity index (χ3n) is 3.69. The van der Waals surface area contributed by atoms with Crippen LogP contribution in [0.5, 0.6) is 5.75 Å². The van der Waals surface area contributed by atoms with E-state index < -0.39 is 6.36 Å². The van der Waals surface area contributed by atoms with E-state index in [1.165, 1.54) is 12.1 Å². The molecule has 0 saturated carbocycles. The quantitative estimate of drug-likeness (QED) is 0.564. The molecule has 0 spiro atoms. The van der Waals surface area contributed by atoms with Crippen molar-refractivity contribution in [2.75, 3.05) is 13.6 Å². The molecule has 0 radical (unpaired) electrons. The Hall–Kier alpha value is -2.71. The van der Waals surface area contributed by atoms with Crippen LogP contribution in [0, 0.1) is 0 Å². The Morgan fingerprint density at radius 3 is 2.48 bits per heavy atom. The van der Waals surface area contributed by atoms with Crippen molar-refractivity contribution in [3.05, 3.63) is 47.3 Å². The molecule has 6 nitrogen and oxygen atoms in total. The average molecular weight is 384 g/mol. The topological polar surface area (TPSA) is 71.7 Å². The summed E-state index contributed by atoms with van der Waals surface area (Å²) in [6, 6.07) is 7.69. The van der Waals surface area contributed by atoms with Crippen LogP contribution in [0.3, 0.4) is 0 Å². The van der Waals surface area contributed by atoms with Gasteiger partial charge in [-0.2, -0.15) is 0 Å². The fraction of sp³-hybridized carbons (Fsp3) is 0.444. The number of guanidine groups is 1. The van der Waals surface area contributed by atoms with Gasteiger partial charge in [-0.3, -0.25) is 4.99 Å². The molecule has 0 atom stereocenters. The molecular weight excluding hydrogens is 361 g/mol. The van der Waals surface area contributed by atoms with E-state index >= 15 is 0 Å². The average Bonchev–Trinajstić information content (AvgIpc) is 3.07. The first-order valence-corrected chi connectivity index (χ1v) is 8.51. The predicted molar refractivity (Wildman–Crippen MR) is 95.6 cm³/mol. The van der Waals surface area contributed by atoms with Gasteiger partial charge in [0.2, 0.25) is 0 Å². The maximum absolute atomic E-state index is 12.1. The summed E-state index contributed by atoms with van der Waals surface area (Å²) in [6.07, 6.45) is -4.06. The SMILES string of the molecule is CN=C(NCCc1ccc(OC(F)(F)F)cc1)NCc1cc(C(C)C)no1. The van der Waals surface area contributed by atoms with E-state index in [9.17, 15) is 13.2 Å². The second kappa shape index (κ2) is 9.29. The van der Waals surface area contributed by atoms with Crippen LogP contribution in [-0.4, -0.2) is 31.1 Å². The van der Waals surface area contributed by atoms with Gasteiger partial charge in [0.25, 0.3) is 0 Å². The lowest BCUT2D eigenvalue weighted by atomic mass is 10.1. The van der Waals surface area contributed by atoms with E-state index in [0.717, 1.165) is 11.3 Å². The lowest BCUT2D eigenvalue weighted by molar-refractivity contribution is -0.274. The van der Waals surface area contributed by atoms with E-state index in [4.69, 9.17) is 4.52 Å². The van der Waals surface area contributed by atoms with Crippen molar-refractivity contribution >= 4 is 5.96 Å². The number of rotatable bonds is 7. The molecular formula is C18H23F3N4O2. The lowest BCUT2D eigenvalue weighted by Crippen LogP contribution is -2.37. The Bertz CT molecular complexity index is 740. The number of nitrogens with zero attached hydrogens (tertiary/aromatic N) is 2. The fourth-order valence-electron chi connectivity index (χ4n) is 2.26. The number of nitrogens with one attached hydrogen (secondary N) is 2. The summed E-state index contributed by atoms with van der Waals surface area (Å²) in [5, 5.41) is 10.2. The molecule has 2 N–H and O–H groups in total. The van der Waals surface area contributed by atoms with E-state index in [2.05, 4.69) is 25.5 Å². The monoisotopic (exact) mass is 384 g/mol. The molecule has 0 bridgehead atoms. The van der Waals surface area contributed by atoms with Crippen LogP contribution in [0.25, 0.3) is 0 Å². The summed E-state index contributed by atoms with van der Waals surface area (Å²) in [6.45, 7) is 5.09. The van der Waals surface area contributed by atoms with Crippen LogP contribution in [0.4, 0.5) is 13.2 Å². The van der Waals surface area contributed by atoms with Gasteiger partial charge in [-0.15, -0.1) is 13.2 Å². The highest BCUT2D eigenvalue weighted by Gasteiger charge is 2.30. The van der Waals surface area contributed by atoms with E-state index in [1.807, 2.05) is 19.9 Å². The zero-order valence-electron chi connectivity index (χ0n) is 15.4. The Kier molecular flexibility index (Phi) is 7.09. The number of benzene rings is 1. The van der Waals surface area contributed by atoms with Gasteiger partial charge in [-0.1, -0.05) is 31.1 Å². The molecule has 0 aliphatic heterocycles. The summed E-state index contributed by atoms with van der Waals surface area (Å²) in [4.78, 5) is 4.12. The number of hydrogen-bond acceptors (Lipinski definition) is 4. The van der Waals surface area contributed by atoms with Crippen LogP contribution < -0.4 is 15.4 Å². The molecule has 0 unspecified atom stereocenters. The van der Waals surface area contributed by atoms with Gasteiger partial charge < -0.3 is 19.9 Å². The van der Waals surface area contributed by atoms with Crippen molar-refractivity contribution in [3.63, 3.8) is 0 Å². The summed E-state index contributed by atoms with van der Waals surface area (Å²) in [7, 11) is 1.65. The molecule has 1 aromatic heterocycles. The maximum Gasteiger partial charge on any atom is 0.573 e. The molecule has 0 amide bonds. The van der Waals surface area contributed by atoms with Crippen LogP contribution >= 0.6 is 0 Å². The fourth-order valence-corrected chi connectivity index (χ4v) is 2.26. The molecule has 2 rings (SSSR count). The van der Waals surface area contributed by atoms with E-state index in [1.54, 1.807) is 19.2 Å². The highest BCUT2D eigenvalue weighted by Crippen LogP contribution is 2.22. The highest BCUT2D eigenvalue weighted by molar-refractivity contribution is 5.79. The zero-order chi connectivity index (χ0) is 19.9. The van der Waals surface area contributed by atoms with Crippen molar-refractivity contribution in [3.8, 4) is 5.75 Å². The van der Waals surface area contributed by atoms with Crippen molar-refractivity contribution in [1.82, 2.24) is 15.8 Å². The second-order valence-electron chi connectivity index (χ2n) is 6.17. The van der Waals surface area contributed by atoms with Gasteiger partial charge >= 0.3 is 6.36 Å². The molecule has 0 aliphatic rings. The summed E-state index contributed by atoms with van der Waals surface area (Å²) in [5.74, 6) is 1.37. The molecule has 27 heavy (non-hydrogen) atoms. The van der Waals surface area contributed by atoms with Gasteiger partial charge in [-0.05, 0) is 30.0 Å². The minimum absolute atomic E-state index is 0.232. The number of ether oxygens (including phenoxy) is 1. The molecule has 0 saturated heterocycles. The third kappa shape index (κ3) is 7.20. The van der Waals surface area contributed by atoms with Crippen LogP contribution in [0.15, 0.2) is 39.8 Å². The van der Waals surface area contributed by atoms with Crippen molar-refractivity contribution in [2.24, 2.45) is 4.99 Å². The van der Waals surface area contributed by atoms with Gasteiger partial charge in [0.05, 0.1) is 12.2 Å². The van der Waals surface area contributed by atoms with Crippen LogP contribution in [-0.2, 0) is 13.0 Å².